The van der Waals surface area contributed by atoms with Gasteiger partial charge in [-0.25, -0.2) is 0 Å². The Kier molecular flexibility index (Phi) is 5.04. The fourth-order valence-corrected chi connectivity index (χ4v) is 2.64. The SMILES string of the molecule is CCOc1ccccc1-c1cc(=O)c2ccc(NC(=O)C(C)(C)C)cc2o1. The van der Waals surface area contributed by atoms with Crippen LogP contribution < -0.4 is 15.5 Å². The number of carbonyl (C=O) groups is 1. The molecule has 2 aromatic carbocycles. The highest BCUT2D eigenvalue weighted by Gasteiger charge is 2.21. The predicted molar refractivity (Wildman–Crippen MR) is 107 cm³/mol. The molecule has 0 saturated heterocycles. The van der Waals surface area contributed by atoms with Crippen LogP contribution in [0.25, 0.3) is 22.3 Å². The highest BCUT2D eigenvalue weighted by Crippen LogP contribution is 2.31. The molecule has 0 bridgehead atoms. The summed E-state index contributed by atoms with van der Waals surface area (Å²) >= 11 is 0. The summed E-state index contributed by atoms with van der Waals surface area (Å²) in [6, 6.07) is 13.9. The highest BCUT2D eigenvalue weighted by molar-refractivity contribution is 5.96. The van der Waals surface area contributed by atoms with Crippen LogP contribution in [0.5, 0.6) is 5.75 Å². The number of rotatable bonds is 4. The Hall–Kier alpha value is -3.08. The number of fused-ring (bicyclic) bond motifs is 1. The van der Waals surface area contributed by atoms with Crippen molar-refractivity contribution in [3.63, 3.8) is 0 Å². The average Bonchev–Trinajstić information content (AvgIpc) is 2.61. The second-order valence-corrected chi connectivity index (χ2v) is 7.32. The summed E-state index contributed by atoms with van der Waals surface area (Å²) in [5.41, 5.74) is 1.04. The van der Waals surface area contributed by atoms with Crippen LogP contribution in [0, 0.1) is 5.41 Å². The normalized spacial score (nSPS) is 11.4. The summed E-state index contributed by atoms with van der Waals surface area (Å²) in [6.07, 6.45) is 0. The van der Waals surface area contributed by atoms with Crippen LogP contribution in [-0.2, 0) is 4.79 Å². The number of carbonyl (C=O) groups excluding carboxylic acids is 1. The Balaban J connectivity index is 2.07. The van der Waals surface area contributed by atoms with E-state index in [1.54, 1.807) is 18.2 Å². The summed E-state index contributed by atoms with van der Waals surface area (Å²) in [7, 11) is 0. The van der Waals surface area contributed by atoms with Crippen molar-refractivity contribution in [1.29, 1.82) is 0 Å². The molecule has 1 aromatic heterocycles. The summed E-state index contributed by atoms with van der Waals surface area (Å²) in [4.78, 5) is 24.8. The largest absolute Gasteiger partial charge is 0.493 e. The van der Waals surface area contributed by atoms with Gasteiger partial charge in [-0.15, -0.1) is 0 Å². The second kappa shape index (κ2) is 7.27. The van der Waals surface area contributed by atoms with E-state index in [4.69, 9.17) is 9.15 Å². The van der Waals surface area contributed by atoms with Gasteiger partial charge in [0.05, 0.1) is 17.6 Å². The van der Waals surface area contributed by atoms with Crippen molar-refractivity contribution >= 4 is 22.6 Å². The van der Waals surface area contributed by atoms with Gasteiger partial charge in [0.1, 0.15) is 17.1 Å². The molecule has 3 rings (SSSR count). The molecule has 0 aliphatic rings. The van der Waals surface area contributed by atoms with E-state index in [0.29, 0.717) is 40.3 Å². The summed E-state index contributed by atoms with van der Waals surface area (Å²) in [5.74, 6) is 0.970. The van der Waals surface area contributed by atoms with Crippen molar-refractivity contribution in [1.82, 2.24) is 0 Å². The minimum atomic E-state index is -0.520. The van der Waals surface area contributed by atoms with Crippen LogP contribution in [0.4, 0.5) is 5.69 Å². The molecule has 1 heterocycles. The van der Waals surface area contributed by atoms with Crippen LogP contribution in [-0.4, -0.2) is 12.5 Å². The van der Waals surface area contributed by atoms with Crippen molar-refractivity contribution in [2.24, 2.45) is 5.41 Å². The summed E-state index contributed by atoms with van der Waals surface area (Å²) in [6.45, 7) is 7.93. The molecule has 27 heavy (non-hydrogen) atoms. The Morgan fingerprint density at radius 3 is 2.56 bits per heavy atom. The van der Waals surface area contributed by atoms with Crippen molar-refractivity contribution in [2.75, 3.05) is 11.9 Å². The molecule has 0 atom stereocenters. The number of hydrogen-bond donors (Lipinski definition) is 1. The van der Waals surface area contributed by atoms with Crippen LogP contribution in [0.2, 0.25) is 0 Å². The predicted octanol–water partition coefficient (Wildman–Crippen LogP) is 4.84. The fourth-order valence-electron chi connectivity index (χ4n) is 2.64. The third-order valence-corrected chi connectivity index (χ3v) is 4.12. The number of anilines is 1. The molecule has 0 spiro atoms. The smallest absolute Gasteiger partial charge is 0.229 e. The molecule has 1 N–H and O–H groups in total. The van der Waals surface area contributed by atoms with Gasteiger partial charge in [0, 0.05) is 23.2 Å². The zero-order valence-electron chi connectivity index (χ0n) is 16.0. The standard InChI is InChI=1S/C22H23NO4/c1-5-26-18-9-7-6-8-16(18)20-13-17(24)15-11-10-14(12-19(15)27-20)23-21(25)22(2,3)4/h6-13H,5H2,1-4H3,(H,23,25). The first-order valence-corrected chi connectivity index (χ1v) is 8.91. The van der Waals surface area contributed by atoms with Gasteiger partial charge in [-0.1, -0.05) is 32.9 Å². The zero-order chi connectivity index (χ0) is 19.6. The highest BCUT2D eigenvalue weighted by atomic mass is 16.5. The molecule has 5 heteroatoms. The molecular formula is C22H23NO4. The monoisotopic (exact) mass is 365 g/mol. The van der Waals surface area contributed by atoms with Crippen LogP contribution in [0.1, 0.15) is 27.7 Å². The van der Waals surface area contributed by atoms with Crippen molar-refractivity contribution in [2.45, 2.75) is 27.7 Å². The number of ether oxygens (including phenoxy) is 1. The Morgan fingerprint density at radius 1 is 1.11 bits per heavy atom. The molecule has 5 nitrogen and oxygen atoms in total. The number of nitrogens with one attached hydrogen (secondary N) is 1. The third kappa shape index (κ3) is 4.03. The Labute approximate surface area is 158 Å². The quantitative estimate of drug-likeness (QED) is 0.718. The molecule has 0 radical (unpaired) electrons. The lowest BCUT2D eigenvalue weighted by atomic mass is 9.95. The van der Waals surface area contributed by atoms with Gasteiger partial charge in [0.2, 0.25) is 5.91 Å². The van der Waals surface area contributed by atoms with E-state index < -0.39 is 5.41 Å². The van der Waals surface area contributed by atoms with Gasteiger partial charge >= 0.3 is 0 Å². The Bertz CT molecular complexity index is 1040. The van der Waals surface area contributed by atoms with E-state index in [1.807, 2.05) is 52.0 Å². The van der Waals surface area contributed by atoms with E-state index in [1.165, 1.54) is 6.07 Å². The molecule has 0 unspecified atom stereocenters. The van der Waals surface area contributed by atoms with E-state index in [-0.39, 0.29) is 11.3 Å². The molecule has 0 fully saturated rings. The first-order valence-electron chi connectivity index (χ1n) is 8.91. The molecule has 3 aromatic rings. The molecule has 0 aliphatic heterocycles. The van der Waals surface area contributed by atoms with Crippen molar-refractivity contribution in [3.8, 4) is 17.1 Å². The number of hydrogen-bond acceptors (Lipinski definition) is 4. The van der Waals surface area contributed by atoms with E-state index in [0.717, 1.165) is 0 Å². The summed E-state index contributed by atoms with van der Waals surface area (Å²) < 4.78 is 11.6. The minimum Gasteiger partial charge on any atom is -0.493 e. The van der Waals surface area contributed by atoms with Crippen LogP contribution >= 0.6 is 0 Å². The van der Waals surface area contributed by atoms with Crippen molar-refractivity contribution < 1.29 is 13.9 Å². The van der Waals surface area contributed by atoms with Crippen LogP contribution in [0.3, 0.4) is 0 Å². The van der Waals surface area contributed by atoms with Gasteiger partial charge in [-0.2, -0.15) is 0 Å². The Morgan fingerprint density at radius 2 is 1.85 bits per heavy atom. The molecule has 0 aliphatic carbocycles. The number of amides is 1. The number of benzene rings is 2. The van der Waals surface area contributed by atoms with Gasteiger partial charge in [0.25, 0.3) is 0 Å². The molecule has 1 amide bonds. The first-order chi connectivity index (χ1) is 12.8. The van der Waals surface area contributed by atoms with Gasteiger partial charge < -0.3 is 14.5 Å². The van der Waals surface area contributed by atoms with Gasteiger partial charge in [-0.3, -0.25) is 9.59 Å². The first kappa shape index (κ1) is 18.7. The molecular weight excluding hydrogens is 342 g/mol. The van der Waals surface area contributed by atoms with Crippen LogP contribution in [0.15, 0.2) is 57.7 Å². The lowest BCUT2D eigenvalue weighted by Gasteiger charge is -2.17. The second-order valence-electron chi connectivity index (χ2n) is 7.32. The maximum atomic E-state index is 12.5. The maximum absolute atomic E-state index is 12.5. The maximum Gasteiger partial charge on any atom is 0.229 e. The molecule has 140 valence electrons. The molecule has 0 saturated carbocycles. The van der Waals surface area contributed by atoms with Crippen molar-refractivity contribution in [3.05, 3.63) is 58.8 Å². The lowest BCUT2D eigenvalue weighted by Crippen LogP contribution is -2.27. The third-order valence-electron chi connectivity index (χ3n) is 4.12. The van der Waals surface area contributed by atoms with E-state index in [9.17, 15) is 9.59 Å². The van der Waals surface area contributed by atoms with E-state index in [2.05, 4.69) is 5.32 Å². The fraction of sp³-hybridized carbons (Fsp3) is 0.273. The zero-order valence-corrected chi connectivity index (χ0v) is 16.0. The van der Waals surface area contributed by atoms with Gasteiger partial charge in [-0.05, 0) is 31.2 Å². The van der Waals surface area contributed by atoms with E-state index >= 15 is 0 Å². The minimum absolute atomic E-state index is 0.109. The average molecular weight is 365 g/mol. The number of para-hydroxylation sites is 1. The topological polar surface area (TPSA) is 68.5 Å². The van der Waals surface area contributed by atoms with Gasteiger partial charge in [0.15, 0.2) is 5.43 Å². The summed E-state index contributed by atoms with van der Waals surface area (Å²) in [5, 5.41) is 3.32. The lowest BCUT2D eigenvalue weighted by molar-refractivity contribution is -0.123.